The van der Waals surface area contributed by atoms with Crippen LogP contribution in [0.3, 0.4) is 0 Å². The number of primary amides is 1. The van der Waals surface area contributed by atoms with Gasteiger partial charge in [0.1, 0.15) is 6.21 Å². The molecule has 126 valence electrons. The molecule has 1 amide bonds. The van der Waals surface area contributed by atoms with Crippen LogP contribution < -0.4 is 14.9 Å². The number of rotatable bonds is 6. The van der Waals surface area contributed by atoms with Crippen LogP contribution in [0.2, 0.25) is 0 Å². The van der Waals surface area contributed by atoms with Crippen molar-refractivity contribution in [3.8, 4) is 0 Å². The van der Waals surface area contributed by atoms with Crippen LogP contribution >= 0.6 is 11.3 Å². The number of carbonyl (C=O) groups excluding carboxylic acids is 1. The van der Waals surface area contributed by atoms with Crippen molar-refractivity contribution in [1.29, 1.82) is 0 Å². The summed E-state index contributed by atoms with van der Waals surface area (Å²) in [5.74, 6) is -0.423. The lowest BCUT2D eigenvalue weighted by Crippen LogP contribution is -2.38. The van der Waals surface area contributed by atoms with E-state index in [9.17, 15) is 4.79 Å². The summed E-state index contributed by atoms with van der Waals surface area (Å²) in [4.78, 5) is 13.5. The summed E-state index contributed by atoms with van der Waals surface area (Å²) in [6, 6.07) is 13.4. The SMILES string of the molecule is NC(=O)c1cc[n+](Cc2ccc(C[n+]3ccccc3/C=N\O)s2)cc1. The molecule has 0 spiro atoms. The molecule has 6 nitrogen and oxygen atoms in total. The van der Waals surface area contributed by atoms with Crippen molar-refractivity contribution >= 4 is 23.5 Å². The van der Waals surface area contributed by atoms with Gasteiger partial charge in [-0.3, -0.25) is 4.79 Å². The fourth-order valence-corrected chi connectivity index (χ4v) is 3.50. The number of hydrogen-bond acceptors (Lipinski definition) is 4. The number of carbonyl (C=O) groups is 1. The van der Waals surface area contributed by atoms with Crippen LogP contribution in [0, 0.1) is 0 Å². The third kappa shape index (κ3) is 4.27. The molecule has 0 saturated heterocycles. The van der Waals surface area contributed by atoms with Gasteiger partial charge in [-0.2, -0.15) is 9.13 Å². The molecule has 3 heterocycles. The van der Waals surface area contributed by atoms with E-state index in [-0.39, 0.29) is 0 Å². The van der Waals surface area contributed by atoms with Gasteiger partial charge in [0.05, 0.1) is 15.3 Å². The number of thiophene rings is 1. The molecule has 3 aromatic rings. The van der Waals surface area contributed by atoms with E-state index in [0.717, 1.165) is 12.2 Å². The van der Waals surface area contributed by atoms with E-state index in [1.165, 1.54) is 16.0 Å². The van der Waals surface area contributed by atoms with Crippen molar-refractivity contribution < 1.29 is 19.1 Å². The molecule has 0 atom stereocenters. The van der Waals surface area contributed by atoms with Crippen molar-refractivity contribution in [2.24, 2.45) is 10.9 Å². The normalized spacial score (nSPS) is 11.0. The van der Waals surface area contributed by atoms with Crippen molar-refractivity contribution in [3.05, 3.63) is 82.1 Å². The Morgan fingerprint density at radius 1 is 1.08 bits per heavy atom. The number of oxime groups is 1. The van der Waals surface area contributed by atoms with E-state index >= 15 is 0 Å². The molecular formula is C18H18N4O2S+2. The lowest BCUT2D eigenvalue weighted by atomic mass is 10.2. The number of nitrogens with zero attached hydrogens (tertiary/aromatic N) is 3. The summed E-state index contributed by atoms with van der Waals surface area (Å²) in [6.45, 7) is 1.44. The smallest absolute Gasteiger partial charge is 0.249 e. The highest BCUT2D eigenvalue weighted by Gasteiger charge is 2.13. The topological polar surface area (TPSA) is 83.4 Å². The van der Waals surface area contributed by atoms with E-state index in [0.29, 0.717) is 12.1 Å². The Labute approximate surface area is 149 Å². The molecule has 0 fully saturated rings. The summed E-state index contributed by atoms with van der Waals surface area (Å²) < 4.78 is 4.02. The van der Waals surface area contributed by atoms with Gasteiger partial charge in [-0.1, -0.05) is 5.16 Å². The number of hydrogen-bond donors (Lipinski definition) is 2. The van der Waals surface area contributed by atoms with Gasteiger partial charge in [0.15, 0.2) is 31.7 Å². The predicted octanol–water partition coefficient (Wildman–Crippen LogP) is 1.33. The van der Waals surface area contributed by atoms with Crippen LogP contribution in [-0.2, 0) is 13.1 Å². The minimum absolute atomic E-state index is 0.423. The maximum Gasteiger partial charge on any atom is 0.249 e. The van der Waals surface area contributed by atoms with E-state index in [4.69, 9.17) is 10.9 Å². The molecule has 3 aromatic heterocycles. The maximum absolute atomic E-state index is 11.1. The first-order valence-corrected chi connectivity index (χ1v) is 8.50. The zero-order valence-electron chi connectivity index (χ0n) is 13.4. The van der Waals surface area contributed by atoms with E-state index in [1.807, 2.05) is 45.9 Å². The van der Waals surface area contributed by atoms with Crippen LogP contribution in [0.15, 0.2) is 66.2 Å². The Morgan fingerprint density at radius 2 is 1.80 bits per heavy atom. The number of nitrogens with two attached hydrogens (primary N) is 1. The zero-order chi connectivity index (χ0) is 17.6. The number of aromatic nitrogens is 2. The van der Waals surface area contributed by atoms with Gasteiger partial charge in [0.2, 0.25) is 11.6 Å². The van der Waals surface area contributed by atoms with Crippen LogP contribution in [0.5, 0.6) is 0 Å². The second-order valence-electron chi connectivity index (χ2n) is 5.49. The van der Waals surface area contributed by atoms with Gasteiger partial charge < -0.3 is 10.9 Å². The lowest BCUT2D eigenvalue weighted by Gasteiger charge is -1.98. The zero-order valence-corrected chi connectivity index (χ0v) is 14.3. The highest BCUT2D eigenvalue weighted by atomic mass is 32.1. The summed E-state index contributed by atoms with van der Waals surface area (Å²) >= 11 is 1.72. The highest BCUT2D eigenvalue weighted by Crippen LogP contribution is 2.16. The van der Waals surface area contributed by atoms with Gasteiger partial charge in [0, 0.05) is 24.3 Å². The molecule has 0 radical (unpaired) electrons. The highest BCUT2D eigenvalue weighted by molar-refractivity contribution is 7.11. The van der Waals surface area contributed by atoms with Gasteiger partial charge in [-0.15, -0.1) is 11.3 Å². The second-order valence-corrected chi connectivity index (χ2v) is 6.74. The summed E-state index contributed by atoms with van der Waals surface area (Å²) in [5.41, 5.74) is 6.58. The quantitative estimate of drug-likeness (QED) is 0.303. The Hall–Kier alpha value is -3.06. The average molecular weight is 354 g/mol. The first-order valence-electron chi connectivity index (χ1n) is 7.68. The largest absolute Gasteiger partial charge is 0.411 e. The van der Waals surface area contributed by atoms with E-state index < -0.39 is 5.91 Å². The molecule has 25 heavy (non-hydrogen) atoms. The standard InChI is InChI=1S/C18H16N4O2S/c19-18(23)14-6-9-21(10-7-14)12-16-4-5-17(25-16)13-22-8-2-1-3-15(22)11-20-24/h1-11H,12-13H2,(H-,19,23)/p+2. The fraction of sp³-hybridized carbons (Fsp3) is 0.111. The van der Waals surface area contributed by atoms with Crippen LogP contribution in [-0.4, -0.2) is 17.3 Å². The summed E-state index contributed by atoms with van der Waals surface area (Å²) in [7, 11) is 0. The second kappa shape index (κ2) is 7.67. The summed E-state index contributed by atoms with van der Waals surface area (Å²) in [6.07, 6.45) is 7.07. The van der Waals surface area contributed by atoms with Crippen molar-refractivity contribution in [2.45, 2.75) is 13.1 Å². The minimum atomic E-state index is -0.423. The molecule has 3 N–H and O–H groups in total. The van der Waals surface area contributed by atoms with E-state index in [2.05, 4.69) is 17.3 Å². The Morgan fingerprint density at radius 3 is 2.48 bits per heavy atom. The first-order chi connectivity index (χ1) is 12.2. The number of pyridine rings is 2. The molecule has 0 aliphatic carbocycles. The number of amides is 1. The lowest BCUT2D eigenvalue weighted by molar-refractivity contribution is -0.688. The van der Waals surface area contributed by atoms with Crippen molar-refractivity contribution in [1.82, 2.24) is 0 Å². The first kappa shape index (κ1) is 16.8. The average Bonchev–Trinajstić information content (AvgIpc) is 3.04. The van der Waals surface area contributed by atoms with Gasteiger partial charge >= 0.3 is 0 Å². The van der Waals surface area contributed by atoms with Crippen LogP contribution in [0.25, 0.3) is 0 Å². The third-order valence-corrected chi connectivity index (χ3v) is 4.78. The Balaban J connectivity index is 1.71. The Kier molecular flexibility index (Phi) is 5.15. The monoisotopic (exact) mass is 354 g/mol. The molecule has 7 heteroatoms. The van der Waals surface area contributed by atoms with Crippen LogP contribution in [0.4, 0.5) is 0 Å². The molecule has 0 unspecified atom stereocenters. The fourth-order valence-electron chi connectivity index (χ4n) is 2.48. The van der Waals surface area contributed by atoms with Gasteiger partial charge in [0.25, 0.3) is 0 Å². The van der Waals surface area contributed by atoms with Crippen molar-refractivity contribution in [3.63, 3.8) is 0 Å². The molecule has 0 bridgehead atoms. The molecule has 0 aliphatic heterocycles. The van der Waals surface area contributed by atoms with Crippen molar-refractivity contribution in [2.75, 3.05) is 0 Å². The molecular weight excluding hydrogens is 336 g/mol. The van der Waals surface area contributed by atoms with Gasteiger partial charge in [-0.25, -0.2) is 0 Å². The molecule has 0 saturated carbocycles. The molecule has 0 aliphatic rings. The van der Waals surface area contributed by atoms with E-state index in [1.54, 1.807) is 23.5 Å². The predicted molar refractivity (Wildman–Crippen MR) is 93.7 cm³/mol. The van der Waals surface area contributed by atoms with Crippen LogP contribution in [0.1, 0.15) is 25.8 Å². The molecule has 0 aromatic carbocycles. The minimum Gasteiger partial charge on any atom is -0.411 e. The van der Waals surface area contributed by atoms with Gasteiger partial charge in [-0.05, 0) is 18.2 Å². The third-order valence-electron chi connectivity index (χ3n) is 3.72. The summed E-state index contributed by atoms with van der Waals surface area (Å²) in [5, 5.41) is 11.9. The molecule has 3 rings (SSSR count). The Bertz CT molecular complexity index is 903. The maximum atomic E-state index is 11.1.